The van der Waals surface area contributed by atoms with Gasteiger partial charge in [0.25, 0.3) is 5.91 Å². The van der Waals surface area contributed by atoms with Crippen LogP contribution in [0.5, 0.6) is 0 Å². The molecule has 2 N–H and O–H groups in total. The van der Waals surface area contributed by atoms with E-state index < -0.39 is 11.9 Å². The summed E-state index contributed by atoms with van der Waals surface area (Å²) in [6.07, 6.45) is 3.05. The van der Waals surface area contributed by atoms with E-state index in [0.29, 0.717) is 11.3 Å². The maximum atomic E-state index is 13.2. The average Bonchev–Trinajstić information content (AvgIpc) is 2.84. The molecule has 0 aliphatic heterocycles. The number of carbonyl (C=O) groups is 1. The second-order valence-electron chi connectivity index (χ2n) is 4.02. The molecule has 0 radical (unpaired) electrons. The van der Waals surface area contributed by atoms with E-state index in [1.807, 2.05) is 0 Å². The summed E-state index contributed by atoms with van der Waals surface area (Å²) in [5.41, 5.74) is 7.13. The van der Waals surface area contributed by atoms with Gasteiger partial charge in [0.05, 0.1) is 11.1 Å². The fourth-order valence-corrected chi connectivity index (χ4v) is 1.92. The Kier molecular flexibility index (Phi) is 2.49. The molecule has 3 heterocycles. The molecule has 0 atom stereocenters. The first kappa shape index (κ1) is 11.3. The maximum absolute atomic E-state index is 13.2. The van der Waals surface area contributed by atoms with Crippen molar-refractivity contribution in [2.75, 3.05) is 0 Å². The van der Waals surface area contributed by atoms with Crippen molar-refractivity contribution in [2.45, 2.75) is 0 Å². The molecule has 3 aromatic rings. The highest BCUT2D eigenvalue weighted by molar-refractivity contribution is 5.99. The molecule has 0 unspecified atom stereocenters. The lowest BCUT2D eigenvalue weighted by Crippen LogP contribution is -2.14. The fourth-order valence-electron chi connectivity index (χ4n) is 1.92. The van der Waals surface area contributed by atoms with Crippen LogP contribution >= 0.6 is 0 Å². The monoisotopic (exact) mass is 256 g/mol. The van der Waals surface area contributed by atoms with E-state index in [9.17, 15) is 9.18 Å². The second-order valence-corrected chi connectivity index (χ2v) is 4.02. The molecule has 5 nitrogen and oxygen atoms in total. The summed E-state index contributed by atoms with van der Waals surface area (Å²) in [5.74, 6) is -1.24. The van der Waals surface area contributed by atoms with Crippen molar-refractivity contribution < 1.29 is 9.18 Å². The third kappa shape index (κ3) is 1.93. The molecule has 0 aliphatic rings. The number of rotatable bonds is 2. The zero-order valence-electron chi connectivity index (χ0n) is 9.75. The summed E-state index contributed by atoms with van der Waals surface area (Å²) in [5, 5.41) is 4.29. The predicted molar refractivity (Wildman–Crippen MR) is 66.9 cm³/mol. The van der Waals surface area contributed by atoms with Crippen LogP contribution in [0, 0.1) is 5.95 Å². The van der Waals surface area contributed by atoms with Crippen LogP contribution in [-0.4, -0.2) is 20.5 Å². The van der Waals surface area contributed by atoms with Crippen LogP contribution in [0.15, 0.2) is 42.7 Å². The van der Waals surface area contributed by atoms with Crippen LogP contribution in [0.4, 0.5) is 4.39 Å². The minimum Gasteiger partial charge on any atom is -0.366 e. The standard InChI is InChI=1S/C13H9FN4O/c14-11-6-8(3-4-16-11)12-10(13(15)19)7-9-2-1-5-18(9)17-12/h1-7H,(H2,15,19). The summed E-state index contributed by atoms with van der Waals surface area (Å²) in [6.45, 7) is 0. The summed E-state index contributed by atoms with van der Waals surface area (Å²) in [6, 6.07) is 8.01. The lowest BCUT2D eigenvalue weighted by Gasteiger charge is -2.07. The molecule has 0 aromatic carbocycles. The first-order valence-electron chi connectivity index (χ1n) is 5.55. The van der Waals surface area contributed by atoms with E-state index in [4.69, 9.17) is 5.73 Å². The van der Waals surface area contributed by atoms with Crippen molar-refractivity contribution in [3.8, 4) is 11.3 Å². The Morgan fingerprint density at radius 2 is 2.16 bits per heavy atom. The molecule has 0 bridgehead atoms. The van der Waals surface area contributed by atoms with Gasteiger partial charge in [0.1, 0.15) is 5.69 Å². The molecule has 6 heteroatoms. The Morgan fingerprint density at radius 3 is 2.89 bits per heavy atom. The third-order valence-corrected chi connectivity index (χ3v) is 2.78. The smallest absolute Gasteiger partial charge is 0.251 e. The first-order valence-corrected chi connectivity index (χ1v) is 5.55. The van der Waals surface area contributed by atoms with Gasteiger partial charge in [0, 0.05) is 24.0 Å². The Morgan fingerprint density at radius 1 is 1.32 bits per heavy atom. The number of nitrogens with zero attached hydrogens (tertiary/aromatic N) is 3. The van der Waals surface area contributed by atoms with Crippen LogP contribution in [0.25, 0.3) is 16.8 Å². The molecule has 0 spiro atoms. The highest BCUT2D eigenvalue weighted by Gasteiger charge is 2.14. The number of pyridine rings is 1. The van der Waals surface area contributed by atoms with Crippen LogP contribution in [0.1, 0.15) is 10.4 Å². The Bertz CT molecular complexity index is 781. The molecule has 0 fully saturated rings. The molecule has 0 saturated heterocycles. The number of amides is 1. The molecular formula is C13H9FN4O. The van der Waals surface area contributed by atoms with Crippen molar-refractivity contribution >= 4 is 11.4 Å². The highest BCUT2D eigenvalue weighted by atomic mass is 19.1. The minimum atomic E-state index is -0.637. The predicted octanol–water partition coefficient (Wildman–Crippen LogP) is 1.63. The number of aromatic nitrogens is 3. The lowest BCUT2D eigenvalue weighted by molar-refractivity contribution is 0.100. The molecule has 94 valence electrons. The SMILES string of the molecule is NC(=O)c1cc2cccn2nc1-c1ccnc(F)c1. The van der Waals surface area contributed by atoms with Crippen molar-refractivity contribution in [1.29, 1.82) is 0 Å². The maximum Gasteiger partial charge on any atom is 0.251 e. The summed E-state index contributed by atoms with van der Waals surface area (Å²) < 4.78 is 14.8. The van der Waals surface area contributed by atoms with E-state index in [-0.39, 0.29) is 5.56 Å². The van der Waals surface area contributed by atoms with Crippen molar-refractivity contribution in [3.63, 3.8) is 0 Å². The molecule has 0 aliphatic carbocycles. The quantitative estimate of drug-likeness (QED) is 0.708. The number of halogens is 1. The van der Waals surface area contributed by atoms with E-state index >= 15 is 0 Å². The van der Waals surface area contributed by atoms with Gasteiger partial charge in [-0.3, -0.25) is 4.79 Å². The van der Waals surface area contributed by atoms with Crippen LogP contribution in [0.2, 0.25) is 0 Å². The normalized spacial score (nSPS) is 10.8. The summed E-state index contributed by atoms with van der Waals surface area (Å²) in [4.78, 5) is 15.0. The fraction of sp³-hybridized carbons (Fsp3) is 0. The Balaban J connectivity index is 2.31. The van der Waals surface area contributed by atoms with E-state index in [1.165, 1.54) is 12.3 Å². The zero-order valence-corrected chi connectivity index (χ0v) is 9.75. The molecule has 1 amide bonds. The van der Waals surface area contributed by atoms with E-state index in [0.717, 1.165) is 5.52 Å². The third-order valence-electron chi connectivity index (χ3n) is 2.78. The van der Waals surface area contributed by atoms with E-state index in [2.05, 4.69) is 10.1 Å². The minimum absolute atomic E-state index is 0.247. The molecule has 0 saturated carbocycles. The number of fused-ring (bicyclic) bond motifs is 1. The van der Waals surface area contributed by atoms with Gasteiger partial charge in [-0.2, -0.15) is 9.49 Å². The van der Waals surface area contributed by atoms with Gasteiger partial charge < -0.3 is 5.73 Å². The van der Waals surface area contributed by atoms with E-state index in [1.54, 1.807) is 35.0 Å². The molecule has 3 aromatic heterocycles. The van der Waals surface area contributed by atoms with Crippen LogP contribution in [0.3, 0.4) is 0 Å². The Labute approximate surface area is 107 Å². The van der Waals surface area contributed by atoms with Gasteiger partial charge in [0.15, 0.2) is 0 Å². The van der Waals surface area contributed by atoms with Gasteiger partial charge in [0.2, 0.25) is 5.95 Å². The van der Waals surface area contributed by atoms with Crippen LogP contribution in [-0.2, 0) is 0 Å². The number of nitrogens with two attached hydrogens (primary N) is 1. The molecule has 19 heavy (non-hydrogen) atoms. The zero-order chi connectivity index (χ0) is 13.4. The van der Waals surface area contributed by atoms with Gasteiger partial charge in [-0.15, -0.1) is 0 Å². The summed E-state index contributed by atoms with van der Waals surface area (Å²) >= 11 is 0. The van der Waals surface area contributed by atoms with Gasteiger partial charge in [-0.25, -0.2) is 9.50 Å². The number of hydrogen-bond acceptors (Lipinski definition) is 3. The topological polar surface area (TPSA) is 73.3 Å². The van der Waals surface area contributed by atoms with Gasteiger partial charge in [-0.1, -0.05) is 0 Å². The van der Waals surface area contributed by atoms with Crippen molar-refractivity contribution in [3.05, 3.63) is 54.2 Å². The van der Waals surface area contributed by atoms with Crippen molar-refractivity contribution in [2.24, 2.45) is 5.73 Å². The average molecular weight is 256 g/mol. The Hall–Kier alpha value is -2.76. The second kappa shape index (κ2) is 4.16. The van der Waals surface area contributed by atoms with Crippen molar-refractivity contribution in [1.82, 2.24) is 14.6 Å². The van der Waals surface area contributed by atoms with Gasteiger partial charge in [-0.05, 0) is 24.3 Å². The molecular weight excluding hydrogens is 247 g/mol. The number of hydrogen-bond donors (Lipinski definition) is 1. The number of primary amides is 1. The van der Waals surface area contributed by atoms with Crippen LogP contribution < -0.4 is 5.73 Å². The molecule has 3 rings (SSSR count). The number of carbonyl (C=O) groups excluding carboxylic acids is 1. The largest absolute Gasteiger partial charge is 0.366 e. The highest BCUT2D eigenvalue weighted by Crippen LogP contribution is 2.22. The lowest BCUT2D eigenvalue weighted by atomic mass is 10.1. The summed E-state index contributed by atoms with van der Waals surface area (Å²) in [7, 11) is 0. The first-order chi connectivity index (χ1) is 9.15. The van der Waals surface area contributed by atoms with Gasteiger partial charge >= 0.3 is 0 Å².